The molecule has 1 aliphatic heterocycles. The first kappa shape index (κ1) is 20.5. The normalized spacial score (nSPS) is 17.7. The van der Waals surface area contributed by atoms with E-state index in [1.165, 1.54) is 36.0 Å². The second-order valence-electron chi connectivity index (χ2n) is 6.62. The van der Waals surface area contributed by atoms with Crippen molar-refractivity contribution in [1.29, 1.82) is 0 Å². The molecule has 1 aromatic heterocycles. The number of methoxy groups -OCH3 is 1. The van der Waals surface area contributed by atoms with Gasteiger partial charge in [-0.2, -0.15) is 0 Å². The van der Waals surface area contributed by atoms with Crippen LogP contribution in [0.25, 0.3) is 0 Å². The molecule has 0 spiro atoms. The molecule has 7 nitrogen and oxygen atoms in total. The molecule has 0 bridgehead atoms. The van der Waals surface area contributed by atoms with Gasteiger partial charge < -0.3 is 15.5 Å². The molecule has 2 N–H and O–H groups in total. The predicted octanol–water partition coefficient (Wildman–Crippen LogP) is 4.04. The number of thioether (sulfide) groups is 1. The number of benzene rings is 2. The van der Waals surface area contributed by atoms with Crippen LogP contribution in [0.4, 0.5) is 10.1 Å². The number of carbonyl (C=O) groups is 1. The van der Waals surface area contributed by atoms with Crippen molar-refractivity contribution in [2.45, 2.75) is 29.8 Å². The van der Waals surface area contributed by atoms with Gasteiger partial charge in [0.15, 0.2) is 5.82 Å². The summed E-state index contributed by atoms with van der Waals surface area (Å²) in [6.45, 7) is 1.98. The van der Waals surface area contributed by atoms with E-state index < -0.39 is 11.3 Å². The second kappa shape index (κ2) is 8.53. The van der Waals surface area contributed by atoms with Crippen LogP contribution < -0.4 is 15.5 Å². The van der Waals surface area contributed by atoms with Crippen LogP contribution in [-0.2, 0) is 11.2 Å². The molecule has 2 aromatic carbocycles. The lowest BCUT2D eigenvalue weighted by molar-refractivity contribution is -0.116. The first-order valence-corrected chi connectivity index (χ1v) is 10.5. The number of hydrogen-bond acceptors (Lipinski definition) is 6. The fourth-order valence-electron chi connectivity index (χ4n) is 3.20. The van der Waals surface area contributed by atoms with E-state index in [1.807, 2.05) is 13.0 Å². The van der Waals surface area contributed by atoms with E-state index in [1.54, 1.807) is 23.9 Å². The molecule has 0 saturated heterocycles. The molecule has 156 valence electrons. The van der Waals surface area contributed by atoms with Gasteiger partial charge in [0.2, 0.25) is 11.1 Å². The van der Waals surface area contributed by atoms with Gasteiger partial charge in [-0.25, -0.2) is 9.07 Å². The molecule has 0 saturated carbocycles. The number of amides is 1. The summed E-state index contributed by atoms with van der Waals surface area (Å²) >= 11 is 7.64. The highest BCUT2D eigenvalue weighted by Crippen LogP contribution is 2.39. The Morgan fingerprint density at radius 1 is 1.30 bits per heavy atom. The summed E-state index contributed by atoms with van der Waals surface area (Å²) in [5.41, 5.74) is 4.68. The van der Waals surface area contributed by atoms with E-state index in [-0.39, 0.29) is 11.7 Å². The highest BCUT2D eigenvalue weighted by Gasteiger charge is 2.38. The predicted molar refractivity (Wildman–Crippen MR) is 114 cm³/mol. The maximum Gasteiger partial charge on any atom is 0.240 e. The summed E-state index contributed by atoms with van der Waals surface area (Å²) in [5, 5.41) is 11.7. The average molecular weight is 448 g/mol. The zero-order valence-electron chi connectivity index (χ0n) is 16.2. The number of aryl methyl sites for hydroxylation is 1. The maximum absolute atomic E-state index is 13.2. The SMILES string of the molecule is CCc1nnc2n1N[C@@H](c1ccc(OC)c(Cl)c1)[C@@H](C(=O)Nc1ccc(F)cc1)S2. The van der Waals surface area contributed by atoms with Crippen LogP contribution in [0.5, 0.6) is 5.75 Å². The minimum atomic E-state index is -0.569. The number of carbonyl (C=O) groups excluding carboxylic acids is 1. The Hall–Kier alpha value is -2.78. The van der Waals surface area contributed by atoms with Crippen molar-refractivity contribution in [2.75, 3.05) is 17.9 Å². The molecular formula is C20H19ClFN5O2S. The number of rotatable bonds is 5. The molecule has 1 aliphatic rings. The topological polar surface area (TPSA) is 81.1 Å². The van der Waals surface area contributed by atoms with Crippen LogP contribution in [-0.4, -0.2) is 33.1 Å². The number of fused-ring (bicyclic) bond motifs is 1. The van der Waals surface area contributed by atoms with Crippen molar-refractivity contribution < 1.29 is 13.9 Å². The lowest BCUT2D eigenvalue weighted by Crippen LogP contribution is -2.41. The van der Waals surface area contributed by atoms with Gasteiger partial charge in [-0.15, -0.1) is 10.2 Å². The molecule has 0 radical (unpaired) electrons. The second-order valence-corrected chi connectivity index (χ2v) is 8.14. The molecule has 2 atom stereocenters. The summed E-state index contributed by atoms with van der Waals surface area (Å²) in [5.74, 6) is 0.700. The molecule has 0 fully saturated rings. The quantitative estimate of drug-likeness (QED) is 0.614. The van der Waals surface area contributed by atoms with Crippen LogP contribution >= 0.6 is 23.4 Å². The molecule has 4 rings (SSSR count). The molecule has 0 aliphatic carbocycles. The van der Waals surface area contributed by atoms with Gasteiger partial charge in [-0.1, -0.05) is 36.4 Å². The van der Waals surface area contributed by atoms with Crippen molar-refractivity contribution >= 4 is 35.0 Å². The van der Waals surface area contributed by atoms with E-state index in [4.69, 9.17) is 16.3 Å². The first-order valence-electron chi connectivity index (χ1n) is 9.27. The van der Waals surface area contributed by atoms with Gasteiger partial charge >= 0.3 is 0 Å². The van der Waals surface area contributed by atoms with Crippen LogP contribution in [0, 0.1) is 5.82 Å². The fourth-order valence-corrected chi connectivity index (χ4v) is 4.57. The van der Waals surface area contributed by atoms with Crippen molar-refractivity contribution in [3.63, 3.8) is 0 Å². The van der Waals surface area contributed by atoms with Crippen molar-refractivity contribution in [1.82, 2.24) is 14.9 Å². The van der Waals surface area contributed by atoms with E-state index in [0.29, 0.717) is 28.0 Å². The Bertz CT molecular complexity index is 1080. The minimum absolute atomic E-state index is 0.247. The van der Waals surface area contributed by atoms with Gasteiger partial charge in [0, 0.05) is 12.1 Å². The number of halogens is 2. The van der Waals surface area contributed by atoms with Gasteiger partial charge in [-0.3, -0.25) is 4.79 Å². The van der Waals surface area contributed by atoms with Crippen molar-refractivity contribution in [2.24, 2.45) is 0 Å². The van der Waals surface area contributed by atoms with E-state index in [9.17, 15) is 9.18 Å². The summed E-state index contributed by atoms with van der Waals surface area (Å²) in [6.07, 6.45) is 0.684. The van der Waals surface area contributed by atoms with E-state index in [2.05, 4.69) is 20.9 Å². The molecular weight excluding hydrogens is 429 g/mol. The minimum Gasteiger partial charge on any atom is -0.495 e. The van der Waals surface area contributed by atoms with Crippen molar-refractivity contribution in [3.8, 4) is 5.75 Å². The van der Waals surface area contributed by atoms with Gasteiger partial charge in [0.05, 0.1) is 18.2 Å². The van der Waals surface area contributed by atoms with Crippen LogP contribution in [0.2, 0.25) is 5.02 Å². The molecule has 2 heterocycles. The Morgan fingerprint density at radius 2 is 2.07 bits per heavy atom. The third-order valence-electron chi connectivity index (χ3n) is 4.73. The summed E-state index contributed by atoms with van der Waals surface area (Å²) in [6, 6.07) is 10.6. The Kier molecular flexibility index (Phi) is 5.83. The number of nitrogens with zero attached hydrogens (tertiary/aromatic N) is 3. The lowest BCUT2D eigenvalue weighted by Gasteiger charge is -2.33. The van der Waals surface area contributed by atoms with Crippen LogP contribution in [0.15, 0.2) is 47.6 Å². The highest BCUT2D eigenvalue weighted by molar-refractivity contribution is 8.00. The van der Waals surface area contributed by atoms with Gasteiger partial charge in [0.1, 0.15) is 16.8 Å². The Balaban J connectivity index is 1.68. The number of aromatic nitrogens is 3. The zero-order chi connectivity index (χ0) is 21.3. The zero-order valence-corrected chi connectivity index (χ0v) is 17.8. The van der Waals surface area contributed by atoms with Gasteiger partial charge in [0.25, 0.3) is 0 Å². The average Bonchev–Trinajstić information content (AvgIpc) is 3.16. The van der Waals surface area contributed by atoms with E-state index >= 15 is 0 Å². The Labute approximate surface area is 181 Å². The number of anilines is 1. The standard InChI is InChI=1S/C20H19ClFN5O2S/c1-3-16-24-25-20-27(16)26-17(11-4-9-15(29-2)14(21)10-11)18(30-20)19(28)23-13-7-5-12(22)6-8-13/h4-10,17-18,26H,3H2,1-2H3,(H,23,28)/t17-,18-/m0/s1. The lowest BCUT2D eigenvalue weighted by atomic mass is 10.0. The maximum atomic E-state index is 13.2. The molecule has 10 heteroatoms. The van der Waals surface area contributed by atoms with E-state index in [0.717, 1.165) is 11.4 Å². The molecule has 3 aromatic rings. The number of ether oxygens (including phenoxy) is 1. The summed E-state index contributed by atoms with van der Waals surface area (Å²) in [7, 11) is 1.55. The third kappa shape index (κ3) is 3.95. The van der Waals surface area contributed by atoms with Gasteiger partial charge in [-0.05, 0) is 42.0 Å². The molecule has 0 unspecified atom stereocenters. The highest BCUT2D eigenvalue weighted by atomic mass is 35.5. The summed E-state index contributed by atoms with van der Waals surface area (Å²) < 4.78 is 20.2. The first-order chi connectivity index (χ1) is 14.5. The molecule has 1 amide bonds. The van der Waals surface area contributed by atoms with Crippen molar-refractivity contribution in [3.05, 3.63) is 64.7 Å². The fraction of sp³-hybridized carbons (Fsp3) is 0.250. The smallest absolute Gasteiger partial charge is 0.240 e. The van der Waals surface area contributed by atoms with Crippen LogP contribution in [0.1, 0.15) is 24.4 Å². The number of nitrogens with one attached hydrogen (secondary N) is 2. The summed E-state index contributed by atoms with van der Waals surface area (Å²) in [4.78, 5) is 13.1. The molecule has 30 heavy (non-hydrogen) atoms. The Morgan fingerprint density at radius 3 is 2.73 bits per heavy atom. The number of hydrogen-bond donors (Lipinski definition) is 2. The largest absolute Gasteiger partial charge is 0.495 e. The van der Waals surface area contributed by atoms with Crippen LogP contribution in [0.3, 0.4) is 0 Å². The third-order valence-corrected chi connectivity index (χ3v) is 6.24. The monoisotopic (exact) mass is 447 g/mol.